The van der Waals surface area contributed by atoms with Gasteiger partial charge in [0.25, 0.3) is 0 Å². The largest absolute Gasteiger partial charge is 0.325 e. The van der Waals surface area contributed by atoms with Crippen LogP contribution in [0.4, 0.5) is 5.69 Å². The third kappa shape index (κ3) is 5.28. The Bertz CT molecular complexity index is 958. The average molecular weight is 429 g/mol. The van der Waals surface area contributed by atoms with Gasteiger partial charge >= 0.3 is 0 Å². The highest BCUT2D eigenvalue weighted by atomic mass is 32.2. The Morgan fingerprint density at radius 2 is 1.86 bits per heavy atom. The summed E-state index contributed by atoms with van der Waals surface area (Å²) in [6.07, 6.45) is 0. The van der Waals surface area contributed by atoms with E-state index in [1.54, 1.807) is 11.3 Å². The van der Waals surface area contributed by atoms with E-state index in [0.29, 0.717) is 17.6 Å². The summed E-state index contributed by atoms with van der Waals surface area (Å²) in [5, 5.41) is 14.6. The Hall–Kier alpha value is -2.12. The number of aromatic nitrogens is 3. The number of thioether (sulfide) groups is 1. The lowest BCUT2D eigenvalue weighted by Gasteiger charge is -2.09. The van der Waals surface area contributed by atoms with Crippen LogP contribution in [0, 0.1) is 0 Å². The van der Waals surface area contributed by atoms with E-state index < -0.39 is 0 Å². The number of nitrogens with zero attached hydrogens (tertiary/aromatic N) is 3. The minimum atomic E-state index is -0.0443. The molecule has 0 saturated carbocycles. The minimum absolute atomic E-state index is 0.0443. The molecule has 29 heavy (non-hydrogen) atoms. The average Bonchev–Trinajstić information content (AvgIpc) is 3.33. The molecule has 5 nitrogen and oxygen atoms in total. The van der Waals surface area contributed by atoms with Crippen molar-refractivity contribution in [1.29, 1.82) is 0 Å². The van der Waals surface area contributed by atoms with Crippen LogP contribution in [0.15, 0.2) is 40.9 Å². The predicted octanol–water partition coefficient (Wildman–Crippen LogP) is 6.00. The molecule has 0 bridgehead atoms. The molecular weight excluding hydrogens is 400 g/mol. The van der Waals surface area contributed by atoms with Crippen LogP contribution in [-0.4, -0.2) is 26.4 Å². The van der Waals surface area contributed by atoms with Gasteiger partial charge in [0.1, 0.15) is 0 Å². The van der Waals surface area contributed by atoms with Gasteiger partial charge in [-0.3, -0.25) is 4.79 Å². The molecule has 0 unspecified atom stereocenters. The fourth-order valence-corrected chi connectivity index (χ4v) is 4.65. The second-order valence-electron chi connectivity index (χ2n) is 7.56. The number of anilines is 1. The van der Waals surface area contributed by atoms with Gasteiger partial charge in [-0.25, -0.2) is 0 Å². The number of thiophene rings is 1. The second-order valence-corrected chi connectivity index (χ2v) is 9.44. The van der Waals surface area contributed by atoms with Crippen LogP contribution in [0.1, 0.15) is 56.9 Å². The van der Waals surface area contributed by atoms with E-state index in [0.717, 1.165) is 28.8 Å². The van der Waals surface area contributed by atoms with Crippen LogP contribution in [0.3, 0.4) is 0 Å². The highest BCUT2D eigenvalue weighted by Crippen LogP contribution is 2.31. The fraction of sp³-hybridized carbons (Fsp3) is 0.409. The van der Waals surface area contributed by atoms with Gasteiger partial charge < -0.3 is 9.88 Å². The molecule has 2 aromatic heterocycles. The highest BCUT2D eigenvalue weighted by Gasteiger charge is 2.16. The van der Waals surface area contributed by atoms with Crippen molar-refractivity contribution in [3.05, 3.63) is 46.2 Å². The maximum Gasteiger partial charge on any atom is 0.234 e. The molecule has 1 N–H and O–H groups in total. The smallest absolute Gasteiger partial charge is 0.234 e. The molecule has 154 valence electrons. The Kier molecular flexibility index (Phi) is 7.14. The number of amides is 1. The van der Waals surface area contributed by atoms with E-state index in [-0.39, 0.29) is 5.91 Å². The number of hydrogen-bond donors (Lipinski definition) is 1. The van der Waals surface area contributed by atoms with Crippen LogP contribution in [0.25, 0.3) is 11.4 Å². The lowest BCUT2D eigenvalue weighted by molar-refractivity contribution is -0.113. The van der Waals surface area contributed by atoms with E-state index >= 15 is 0 Å². The summed E-state index contributed by atoms with van der Waals surface area (Å²) in [7, 11) is 0. The Balaban J connectivity index is 1.64. The van der Waals surface area contributed by atoms with Crippen molar-refractivity contribution in [3.63, 3.8) is 0 Å². The van der Waals surface area contributed by atoms with E-state index in [9.17, 15) is 4.79 Å². The molecule has 0 radical (unpaired) electrons. The van der Waals surface area contributed by atoms with Crippen molar-refractivity contribution >= 4 is 34.7 Å². The summed E-state index contributed by atoms with van der Waals surface area (Å²) < 4.78 is 2.07. The normalized spacial score (nSPS) is 11.4. The van der Waals surface area contributed by atoms with Crippen molar-refractivity contribution in [1.82, 2.24) is 14.8 Å². The quantitative estimate of drug-likeness (QED) is 0.447. The molecule has 2 heterocycles. The molecule has 3 rings (SSSR count). The van der Waals surface area contributed by atoms with Gasteiger partial charge in [-0.15, -0.1) is 21.5 Å². The van der Waals surface area contributed by atoms with Crippen LogP contribution in [-0.2, 0) is 11.3 Å². The molecule has 0 aliphatic rings. The summed E-state index contributed by atoms with van der Waals surface area (Å²) in [5.74, 6) is 2.09. The summed E-state index contributed by atoms with van der Waals surface area (Å²) in [6.45, 7) is 11.5. The van der Waals surface area contributed by atoms with Crippen molar-refractivity contribution < 1.29 is 4.79 Å². The molecule has 1 amide bonds. The van der Waals surface area contributed by atoms with Crippen molar-refractivity contribution in [2.75, 3.05) is 11.1 Å². The Morgan fingerprint density at radius 1 is 1.14 bits per heavy atom. The van der Waals surface area contributed by atoms with Gasteiger partial charge in [0.15, 0.2) is 11.0 Å². The summed E-state index contributed by atoms with van der Waals surface area (Å²) in [6, 6.07) is 10.2. The molecule has 0 aliphatic heterocycles. The van der Waals surface area contributed by atoms with E-state index in [2.05, 4.69) is 78.3 Å². The maximum absolute atomic E-state index is 12.4. The summed E-state index contributed by atoms with van der Waals surface area (Å²) in [4.78, 5) is 13.7. The molecule has 0 aliphatic carbocycles. The summed E-state index contributed by atoms with van der Waals surface area (Å²) >= 11 is 3.17. The number of benzene rings is 1. The monoisotopic (exact) mass is 428 g/mol. The van der Waals surface area contributed by atoms with Gasteiger partial charge in [0, 0.05) is 28.1 Å². The van der Waals surface area contributed by atoms with E-state index in [4.69, 9.17) is 0 Å². The van der Waals surface area contributed by atoms with Crippen molar-refractivity contribution in [2.45, 2.75) is 58.2 Å². The number of carbonyl (C=O) groups is 1. The van der Waals surface area contributed by atoms with Gasteiger partial charge in [0.05, 0.1) is 5.75 Å². The molecular formula is C22H28N4OS2. The van der Waals surface area contributed by atoms with Crippen LogP contribution in [0.5, 0.6) is 0 Å². The predicted molar refractivity (Wildman–Crippen MR) is 123 cm³/mol. The Labute approximate surface area is 180 Å². The number of rotatable bonds is 8. The molecule has 7 heteroatoms. The number of carbonyl (C=O) groups excluding carboxylic acids is 1. The highest BCUT2D eigenvalue weighted by molar-refractivity contribution is 7.99. The SMILES string of the molecule is CCn1c(SCC(=O)Nc2ccc(C(C)C)cc2)nnc1-c1csc(C(C)C)c1. The first kappa shape index (κ1) is 21.6. The maximum atomic E-state index is 12.4. The lowest BCUT2D eigenvalue weighted by Crippen LogP contribution is -2.14. The van der Waals surface area contributed by atoms with Gasteiger partial charge in [-0.2, -0.15) is 0 Å². The lowest BCUT2D eigenvalue weighted by atomic mass is 10.0. The van der Waals surface area contributed by atoms with Crippen molar-refractivity contribution in [3.8, 4) is 11.4 Å². The zero-order valence-corrected chi connectivity index (χ0v) is 19.2. The molecule has 0 atom stereocenters. The minimum Gasteiger partial charge on any atom is -0.325 e. The second kappa shape index (κ2) is 9.59. The third-order valence-electron chi connectivity index (χ3n) is 4.67. The van der Waals surface area contributed by atoms with Gasteiger partial charge in [-0.1, -0.05) is 51.6 Å². The first-order chi connectivity index (χ1) is 13.9. The fourth-order valence-electron chi connectivity index (χ4n) is 2.95. The standard InChI is InChI=1S/C22H28N4OS2/c1-6-26-21(17-11-19(15(4)5)28-12-17)24-25-22(26)29-13-20(27)23-18-9-7-16(8-10-18)14(2)3/h7-12,14-15H,6,13H2,1-5H3,(H,23,27). The molecule has 3 aromatic rings. The molecule has 0 saturated heterocycles. The van der Waals surface area contributed by atoms with Gasteiger partial charge in [0.2, 0.25) is 5.91 Å². The Morgan fingerprint density at radius 3 is 2.45 bits per heavy atom. The van der Waals surface area contributed by atoms with Crippen molar-refractivity contribution in [2.24, 2.45) is 0 Å². The third-order valence-corrected chi connectivity index (χ3v) is 6.87. The first-order valence-electron chi connectivity index (χ1n) is 9.93. The number of nitrogens with one attached hydrogen (secondary N) is 1. The molecule has 1 aromatic carbocycles. The first-order valence-corrected chi connectivity index (χ1v) is 11.8. The van der Waals surface area contributed by atoms with Crippen LogP contribution in [0.2, 0.25) is 0 Å². The summed E-state index contributed by atoms with van der Waals surface area (Å²) in [5.41, 5.74) is 3.17. The topological polar surface area (TPSA) is 59.8 Å². The van der Waals surface area contributed by atoms with Crippen LogP contribution < -0.4 is 5.32 Å². The van der Waals surface area contributed by atoms with E-state index in [1.807, 2.05) is 12.1 Å². The van der Waals surface area contributed by atoms with E-state index in [1.165, 1.54) is 22.2 Å². The zero-order chi connectivity index (χ0) is 21.0. The molecule has 0 fully saturated rings. The zero-order valence-electron chi connectivity index (χ0n) is 17.6. The molecule has 0 spiro atoms. The van der Waals surface area contributed by atoms with Crippen LogP contribution >= 0.6 is 23.1 Å². The number of hydrogen-bond acceptors (Lipinski definition) is 5. The van der Waals surface area contributed by atoms with Gasteiger partial charge in [-0.05, 0) is 42.5 Å².